The first-order chi connectivity index (χ1) is 12.5. The molecule has 0 atom stereocenters. The van der Waals surface area contributed by atoms with Gasteiger partial charge >= 0.3 is 5.97 Å². The lowest BCUT2D eigenvalue weighted by Crippen LogP contribution is -2.35. The monoisotopic (exact) mass is 376 g/mol. The number of esters is 1. The first kappa shape index (κ1) is 18.5. The Bertz CT molecular complexity index is 781. The number of likely N-dealkylation sites (tertiary alicyclic amines) is 1. The van der Waals surface area contributed by atoms with E-state index in [0.717, 1.165) is 44.3 Å². The molecule has 0 saturated carbocycles. The van der Waals surface area contributed by atoms with Gasteiger partial charge in [-0.3, -0.25) is 4.79 Å². The molecule has 0 bridgehead atoms. The molecule has 5 nitrogen and oxygen atoms in total. The van der Waals surface area contributed by atoms with Gasteiger partial charge in [0.25, 0.3) is 5.91 Å². The highest BCUT2D eigenvalue weighted by Gasteiger charge is 2.21. The lowest BCUT2D eigenvalue weighted by molar-refractivity contribution is -0.134. The summed E-state index contributed by atoms with van der Waals surface area (Å²) in [6.07, 6.45) is 4.26. The summed E-state index contributed by atoms with van der Waals surface area (Å²) >= 11 is 1.18. The normalized spacial score (nSPS) is 14.8. The number of carbonyl (C=O) groups excluding carboxylic acids is 2. The maximum absolute atomic E-state index is 13.0. The zero-order valence-electron chi connectivity index (χ0n) is 14.7. The lowest BCUT2D eigenvalue weighted by atomic mass is 10.2. The number of aromatic nitrogens is 1. The standard InChI is InChI=1S/C19H21FN2O3S/c1-13-17(26-18(21-13)14-6-8-15(20)9-7-14)19(24)25-12-16(23)22-10-4-2-3-5-11-22/h6-9H,2-5,10-12H2,1H3. The van der Waals surface area contributed by atoms with Crippen molar-refractivity contribution in [1.82, 2.24) is 9.88 Å². The molecular weight excluding hydrogens is 355 g/mol. The highest BCUT2D eigenvalue weighted by atomic mass is 32.1. The SMILES string of the molecule is Cc1nc(-c2ccc(F)cc2)sc1C(=O)OCC(=O)N1CCCCCC1. The van der Waals surface area contributed by atoms with E-state index in [9.17, 15) is 14.0 Å². The largest absolute Gasteiger partial charge is 0.451 e. The van der Waals surface area contributed by atoms with Gasteiger partial charge in [-0.05, 0) is 44.0 Å². The number of hydrogen-bond donors (Lipinski definition) is 0. The molecule has 0 spiro atoms. The zero-order valence-corrected chi connectivity index (χ0v) is 15.5. The Kier molecular flexibility index (Phi) is 5.98. The number of amides is 1. The third-order valence-electron chi connectivity index (χ3n) is 4.36. The fraction of sp³-hybridized carbons (Fsp3) is 0.421. The molecule has 1 aliphatic rings. The van der Waals surface area contributed by atoms with E-state index >= 15 is 0 Å². The Labute approximate surface area is 155 Å². The van der Waals surface area contributed by atoms with Crippen molar-refractivity contribution in [3.63, 3.8) is 0 Å². The first-order valence-electron chi connectivity index (χ1n) is 8.73. The van der Waals surface area contributed by atoms with Crippen LogP contribution in [0.2, 0.25) is 0 Å². The van der Waals surface area contributed by atoms with Crippen molar-refractivity contribution in [2.75, 3.05) is 19.7 Å². The molecule has 1 aliphatic heterocycles. The van der Waals surface area contributed by atoms with Crippen molar-refractivity contribution in [3.8, 4) is 10.6 Å². The van der Waals surface area contributed by atoms with E-state index in [1.54, 1.807) is 24.0 Å². The third kappa shape index (κ3) is 4.46. The second kappa shape index (κ2) is 8.40. The molecule has 1 aromatic carbocycles. The topological polar surface area (TPSA) is 59.5 Å². The van der Waals surface area contributed by atoms with Crippen LogP contribution in [0.25, 0.3) is 10.6 Å². The quantitative estimate of drug-likeness (QED) is 0.761. The van der Waals surface area contributed by atoms with Crippen molar-refractivity contribution in [2.45, 2.75) is 32.6 Å². The molecule has 0 unspecified atom stereocenters. The number of nitrogens with zero attached hydrogens (tertiary/aromatic N) is 2. The molecule has 1 saturated heterocycles. The van der Waals surface area contributed by atoms with Gasteiger partial charge in [-0.25, -0.2) is 14.2 Å². The Morgan fingerprint density at radius 2 is 1.81 bits per heavy atom. The van der Waals surface area contributed by atoms with Gasteiger partial charge in [0, 0.05) is 18.7 Å². The maximum Gasteiger partial charge on any atom is 0.350 e. The minimum Gasteiger partial charge on any atom is -0.451 e. The zero-order chi connectivity index (χ0) is 18.5. The van der Waals surface area contributed by atoms with Gasteiger partial charge in [0.1, 0.15) is 15.7 Å². The summed E-state index contributed by atoms with van der Waals surface area (Å²) in [4.78, 5) is 31.1. The highest BCUT2D eigenvalue weighted by Crippen LogP contribution is 2.28. The molecule has 7 heteroatoms. The van der Waals surface area contributed by atoms with Gasteiger partial charge in [-0.15, -0.1) is 11.3 Å². The van der Waals surface area contributed by atoms with Crippen LogP contribution in [0.4, 0.5) is 4.39 Å². The summed E-state index contributed by atoms with van der Waals surface area (Å²) in [6, 6.07) is 5.94. The van der Waals surface area contributed by atoms with Gasteiger partial charge in [-0.1, -0.05) is 12.8 Å². The number of aryl methyl sites for hydroxylation is 1. The molecule has 0 aliphatic carbocycles. The molecule has 138 valence electrons. The van der Waals surface area contributed by atoms with Gasteiger partial charge in [0.15, 0.2) is 6.61 Å². The van der Waals surface area contributed by atoms with Crippen molar-refractivity contribution >= 4 is 23.2 Å². The minimum atomic E-state index is -0.545. The van der Waals surface area contributed by atoms with E-state index in [1.807, 2.05) is 0 Å². The average molecular weight is 376 g/mol. The summed E-state index contributed by atoms with van der Waals surface area (Å²) in [5.41, 5.74) is 1.28. The number of thiazole rings is 1. The summed E-state index contributed by atoms with van der Waals surface area (Å²) in [5, 5.41) is 0.619. The summed E-state index contributed by atoms with van der Waals surface area (Å²) in [6.45, 7) is 2.92. The number of benzene rings is 1. The summed E-state index contributed by atoms with van der Waals surface area (Å²) in [5.74, 6) is -1.02. The van der Waals surface area contributed by atoms with Crippen molar-refractivity contribution in [1.29, 1.82) is 0 Å². The van der Waals surface area contributed by atoms with Gasteiger partial charge < -0.3 is 9.64 Å². The Balaban J connectivity index is 1.62. The summed E-state index contributed by atoms with van der Waals surface area (Å²) < 4.78 is 18.3. The van der Waals surface area contributed by atoms with Crippen molar-refractivity contribution in [3.05, 3.63) is 40.7 Å². The van der Waals surface area contributed by atoms with Crippen LogP contribution in [-0.4, -0.2) is 41.5 Å². The fourth-order valence-corrected chi connectivity index (χ4v) is 3.87. The molecule has 26 heavy (non-hydrogen) atoms. The van der Waals surface area contributed by atoms with Crippen LogP contribution >= 0.6 is 11.3 Å². The van der Waals surface area contributed by atoms with Crippen LogP contribution in [0.1, 0.15) is 41.0 Å². The van der Waals surface area contributed by atoms with E-state index in [1.165, 1.54) is 23.5 Å². The highest BCUT2D eigenvalue weighted by molar-refractivity contribution is 7.17. The molecule has 1 aromatic heterocycles. The number of rotatable bonds is 4. The van der Waals surface area contributed by atoms with Crippen LogP contribution in [0, 0.1) is 12.7 Å². The third-order valence-corrected chi connectivity index (χ3v) is 5.55. The Morgan fingerprint density at radius 1 is 1.15 bits per heavy atom. The Hall–Kier alpha value is -2.28. The molecule has 2 aromatic rings. The van der Waals surface area contributed by atoms with Gasteiger partial charge in [-0.2, -0.15) is 0 Å². The van der Waals surface area contributed by atoms with E-state index in [2.05, 4.69) is 4.98 Å². The van der Waals surface area contributed by atoms with Crippen molar-refractivity contribution in [2.24, 2.45) is 0 Å². The molecular formula is C19H21FN2O3S. The van der Waals surface area contributed by atoms with E-state index < -0.39 is 5.97 Å². The lowest BCUT2D eigenvalue weighted by Gasteiger charge is -2.19. The number of hydrogen-bond acceptors (Lipinski definition) is 5. The predicted octanol–water partition coefficient (Wildman–Crippen LogP) is 3.82. The van der Waals surface area contributed by atoms with Crippen LogP contribution < -0.4 is 0 Å². The van der Waals surface area contributed by atoms with Crippen LogP contribution in [0.3, 0.4) is 0 Å². The second-order valence-corrected chi connectivity index (χ2v) is 7.31. The second-order valence-electron chi connectivity index (χ2n) is 6.31. The number of carbonyl (C=O) groups is 2. The number of halogens is 1. The Morgan fingerprint density at radius 3 is 2.46 bits per heavy atom. The number of ether oxygens (including phenoxy) is 1. The predicted molar refractivity (Wildman–Crippen MR) is 97.6 cm³/mol. The average Bonchev–Trinajstić information content (AvgIpc) is 2.85. The van der Waals surface area contributed by atoms with E-state index in [-0.39, 0.29) is 18.3 Å². The molecule has 1 amide bonds. The molecule has 1 fully saturated rings. The maximum atomic E-state index is 13.0. The van der Waals surface area contributed by atoms with Gasteiger partial charge in [0.05, 0.1) is 5.69 Å². The smallest absolute Gasteiger partial charge is 0.350 e. The summed E-state index contributed by atoms with van der Waals surface area (Å²) in [7, 11) is 0. The molecule has 3 rings (SSSR count). The molecule has 0 radical (unpaired) electrons. The fourth-order valence-electron chi connectivity index (χ4n) is 2.91. The van der Waals surface area contributed by atoms with Crippen LogP contribution in [-0.2, 0) is 9.53 Å². The molecule has 2 heterocycles. The first-order valence-corrected chi connectivity index (χ1v) is 9.54. The van der Waals surface area contributed by atoms with Crippen LogP contribution in [0.5, 0.6) is 0 Å². The minimum absolute atomic E-state index is 0.152. The van der Waals surface area contributed by atoms with E-state index in [0.29, 0.717) is 15.6 Å². The van der Waals surface area contributed by atoms with E-state index in [4.69, 9.17) is 4.74 Å². The molecule has 0 N–H and O–H groups in total. The van der Waals surface area contributed by atoms with Gasteiger partial charge in [0.2, 0.25) is 0 Å². The van der Waals surface area contributed by atoms with Crippen LogP contribution in [0.15, 0.2) is 24.3 Å². The van der Waals surface area contributed by atoms with Crippen molar-refractivity contribution < 1.29 is 18.7 Å².